The van der Waals surface area contributed by atoms with Crippen LogP contribution in [0.25, 0.3) is 0 Å². The molecule has 0 aromatic carbocycles. The summed E-state index contributed by atoms with van der Waals surface area (Å²) in [6, 6.07) is 0. The van der Waals surface area contributed by atoms with Crippen LogP contribution in [0.1, 0.15) is 51.4 Å². The topological polar surface area (TPSA) is 63.3 Å². The van der Waals surface area contributed by atoms with Crippen LogP contribution in [0, 0.1) is 23.7 Å². The van der Waals surface area contributed by atoms with Crippen LogP contribution in [-0.2, 0) is 4.79 Å². The number of hydrogen-bond acceptors (Lipinski definition) is 2. The number of rotatable bonds is 8. The van der Waals surface area contributed by atoms with Gasteiger partial charge in [0.2, 0.25) is 0 Å². The van der Waals surface area contributed by atoms with Crippen LogP contribution in [0.4, 0.5) is 0 Å². The molecule has 0 heterocycles. The second-order valence-electron chi connectivity index (χ2n) is 3.82. The molecule has 0 rings (SSSR count). The van der Waals surface area contributed by atoms with Crippen LogP contribution in [-0.4, -0.2) is 17.6 Å². The van der Waals surface area contributed by atoms with Crippen molar-refractivity contribution in [2.45, 2.75) is 51.4 Å². The minimum atomic E-state index is -0.695. The van der Waals surface area contributed by atoms with Gasteiger partial charge in [-0.15, -0.1) is 0 Å². The lowest BCUT2D eigenvalue weighted by atomic mass is 10.1. The van der Waals surface area contributed by atoms with E-state index in [0.717, 1.165) is 44.9 Å². The van der Waals surface area contributed by atoms with E-state index >= 15 is 0 Å². The Hall–Kier alpha value is -1.45. The maximum absolute atomic E-state index is 10.2. The lowest BCUT2D eigenvalue weighted by molar-refractivity contribution is -0.137. The number of unbranched alkanes of at least 4 members (excludes halogenated alkanes) is 6. The summed E-state index contributed by atoms with van der Waals surface area (Å²) >= 11 is 0. The van der Waals surface area contributed by atoms with Crippen molar-refractivity contribution < 1.29 is 9.90 Å². The van der Waals surface area contributed by atoms with Crippen molar-refractivity contribution in [1.82, 2.24) is 0 Å². The molecule has 3 nitrogen and oxygen atoms in total. The predicted molar refractivity (Wildman–Crippen MR) is 69.2 cm³/mol. The molecule has 3 heteroatoms. The molecule has 0 fully saturated rings. The fourth-order valence-electron chi connectivity index (χ4n) is 1.40. The fraction of sp³-hybridized carbons (Fsp3) is 0.643. The number of aliphatic carboxylic acids is 1. The highest BCUT2D eigenvalue weighted by atomic mass is 16.4. The highest BCUT2D eigenvalue weighted by Crippen LogP contribution is 2.08. The number of carboxylic acid groups (broad SMARTS) is 1. The highest BCUT2D eigenvalue weighted by molar-refractivity contribution is 5.66. The Morgan fingerprint density at radius 1 is 0.941 bits per heavy atom. The van der Waals surface area contributed by atoms with E-state index in [0.29, 0.717) is 13.0 Å². The zero-order valence-electron chi connectivity index (χ0n) is 10.3. The largest absolute Gasteiger partial charge is 0.481 e. The van der Waals surface area contributed by atoms with Crippen LogP contribution in [0.15, 0.2) is 0 Å². The van der Waals surface area contributed by atoms with Crippen molar-refractivity contribution in [2.24, 2.45) is 5.73 Å². The number of hydrogen-bond donors (Lipinski definition) is 2. The molecule has 3 N–H and O–H groups in total. The molecule has 0 saturated carbocycles. The normalized spacial score (nSPS) is 8.76. The molecular formula is C14H21NO2. The second kappa shape index (κ2) is 12.6. The van der Waals surface area contributed by atoms with Crippen molar-refractivity contribution in [3.63, 3.8) is 0 Å². The molecule has 0 spiro atoms. The molecule has 0 aliphatic heterocycles. The smallest absolute Gasteiger partial charge is 0.303 e. The molecule has 0 aromatic rings. The Labute approximate surface area is 104 Å². The van der Waals surface area contributed by atoms with E-state index in [1.807, 2.05) is 0 Å². The lowest BCUT2D eigenvalue weighted by Gasteiger charge is -1.98. The molecule has 0 aliphatic rings. The molecule has 94 valence electrons. The average molecular weight is 235 g/mol. The highest BCUT2D eigenvalue weighted by Gasteiger charge is 1.95. The molecule has 17 heavy (non-hydrogen) atoms. The zero-order chi connectivity index (χ0) is 12.8. The molecule has 0 amide bonds. The fourth-order valence-corrected chi connectivity index (χ4v) is 1.40. The van der Waals surface area contributed by atoms with Crippen LogP contribution in [0.2, 0.25) is 0 Å². The molecular weight excluding hydrogens is 214 g/mol. The second-order valence-corrected chi connectivity index (χ2v) is 3.82. The van der Waals surface area contributed by atoms with Gasteiger partial charge in [0.15, 0.2) is 0 Å². The van der Waals surface area contributed by atoms with E-state index in [-0.39, 0.29) is 0 Å². The maximum atomic E-state index is 10.2. The van der Waals surface area contributed by atoms with Crippen LogP contribution >= 0.6 is 0 Å². The van der Waals surface area contributed by atoms with Gasteiger partial charge in [0.1, 0.15) is 0 Å². The summed E-state index contributed by atoms with van der Waals surface area (Å²) in [6.07, 6.45) is 7.52. The van der Waals surface area contributed by atoms with Gasteiger partial charge >= 0.3 is 5.97 Å². The minimum Gasteiger partial charge on any atom is -0.481 e. The lowest BCUT2D eigenvalue weighted by Crippen LogP contribution is -1.93. The summed E-state index contributed by atoms with van der Waals surface area (Å²) in [5.74, 6) is 10.4. The Bertz CT molecular complexity index is 315. The van der Waals surface area contributed by atoms with E-state index in [1.54, 1.807) is 0 Å². The number of nitrogens with two attached hydrogens (primary N) is 1. The van der Waals surface area contributed by atoms with E-state index in [9.17, 15) is 4.79 Å². The zero-order valence-corrected chi connectivity index (χ0v) is 10.3. The van der Waals surface area contributed by atoms with Gasteiger partial charge in [0.25, 0.3) is 0 Å². The van der Waals surface area contributed by atoms with Gasteiger partial charge in [-0.1, -0.05) is 37.5 Å². The first-order valence-corrected chi connectivity index (χ1v) is 6.15. The van der Waals surface area contributed by atoms with E-state index in [2.05, 4.69) is 23.7 Å². The van der Waals surface area contributed by atoms with Crippen LogP contribution < -0.4 is 5.73 Å². The van der Waals surface area contributed by atoms with Crippen molar-refractivity contribution in [3.8, 4) is 23.7 Å². The average Bonchev–Trinajstić information content (AvgIpc) is 2.30. The van der Waals surface area contributed by atoms with Gasteiger partial charge in [0.05, 0.1) is 6.54 Å². The quantitative estimate of drug-likeness (QED) is 0.500. The van der Waals surface area contributed by atoms with Crippen molar-refractivity contribution >= 4 is 5.97 Å². The van der Waals surface area contributed by atoms with Crippen LogP contribution in [0.3, 0.4) is 0 Å². The Morgan fingerprint density at radius 2 is 1.53 bits per heavy atom. The van der Waals surface area contributed by atoms with Gasteiger partial charge in [-0.25, -0.2) is 0 Å². The number of carboxylic acids is 1. The Balaban J connectivity index is 3.18. The molecule has 0 atom stereocenters. The van der Waals surface area contributed by atoms with Crippen molar-refractivity contribution in [2.75, 3.05) is 6.54 Å². The third-order valence-electron chi connectivity index (χ3n) is 2.28. The third-order valence-corrected chi connectivity index (χ3v) is 2.28. The molecule has 0 unspecified atom stereocenters. The first-order valence-electron chi connectivity index (χ1n) is 6.15. The van der Waals surface area contributed by atoms with Gasteiger partial charge in [-0.2, -0.15) is 0 Å². The molecule has 0 aliphatic carbocycles. The van der Waals surface area contributed by atoms with Crippen molar-refractivity contribution in [1.29, 1.82) is 0 Å². The molecule has 0 aromatic heterocycles. The molecule has 0 saturated heterocycles. The van der Waals surface area contributed by atoms with Gasteiger partial charge in [-0.3, -0.25) is 4.79 Å². The Morgan fingerprint density at radius 3 is 2.18 bits per heavy atom. The first-order chi connectivity index (χ1) is 8.27. The van der Waals surface area contributed by atoms with E-state index in [4.69, 9.17) is 10.8 Å². The monoisotopic (exact) mass is 235 g/mol. The molecule has 0 radical (unpaired) electrons. The first kappa shape index (κ1) is 15.6. The predicted octanol–water partition coefficient (Wildman–Crippen LogP) is 2.16. The standard InChI is InChI=1S/C14H21NO2/c15-13-11-9-7-5-3-1-2-4-6-8-10-12-14(16)17/h1-4,6,8,10,12-13,15H2,(H,16,17). The summed E-state index contributed by atoms with van der Waals surface area (Å²) in [5, 5.41) is 8.44. The van der Waals surface area contributed by atoms with Gasteiger partial charge in [-0.05, 0) is 24.7 Å². The summed E-state index contributed by atoms with van der Waals surface area (Å²) in [5.41, 5.74) is 5.19. The third kappa shape index (κ3) is 14.6. The summed E-state index contributed by atoms with van der Waals surface area (Å²) in [4.78, 5) is 10.2. The Kier molecular flexibility index (Phi) is 11.5. The SMILES string of the molecule is NCC#CC#CCCCCCCCCC(=O)O. The van der Waals surface area contributed by atoms with E-state index < -0.39 is 5.97 Å². The van der Waals surface area contributed by atoms with E-state index in [1.165, 1.54) is 0 Å². The summed E-state index contributed by atoms with van der Waals surface area (Å²) < 4.78 is 0. The van der Waals surface area contributed by atoms with Crippen molar-refractivity contribution in [3.05, 3.63) is 0 Å². The van der Waals surface area contributed by atoms with Gasteiger partial charge < -0.3 is 10.8 Å². The molecule has 0 bridgehead atoms. The number of carbonyl (C=O) groups is 1. The van der Waals surface area contributed by atoms with Gasteiger partial charge in [0, 0.05) is 12.8 Å². The summed E-state index contributed by atoms with van der Waals surface area (Å²) in [6.45, 7) is 0.366. The maximum Gasteiger partial charge on any atom is 0.303 e. The van der Waals surface area contributed by atoms with Crippen LogP contribution in [0.5, 0.6) is 0 Å². The minimum absolute atomic E-state index is 0.297. The summed E-state index contributed by atoms with van der Waals surface area (Å²) in [7, 11) is 0.